The fourth-order valence-corrected chi connectivity index (χ4v) is 5.26. The van der Waals surface area contributed by atoms with Crippen LogP contribution >= 0.6 is 0 Å². The maximum absolute atomic E-state index is 2.35. The standard InChI is InChI=1S/C12H16Si.Na.H/c1-2-13(11-7-3-4-8-11)12-9-5-6-10-12;;/h3-7,9,13H,2,8,10H2,1H3;;. The van der Waals surface area contributed by atoms with Crippen LogP contribution in [0.4, 0.5) is 0 Å². The van der Waals surface area contributed by atoms with E-state index in [1.165, 1.54) is 18.9 Å². The topological polar surface area (TPSA) is 0 Å². The molecule has 0 aromatic carbocycles. The molecule has 0 aromatic rings. The zero-order valence-corrected chi connectivity index (χ0v) is 9.32. The summed E-state index contributed by atoms with van der Waals surface area (Å²) in [5, 5.41) is 3.47. The molecule has 0 amide bonds. The second-order valence-corrected chi connectivity index (χ2v) is 7.11. The van der Waals surface area contributed by atoms with Gasteiger partial charge >= 0.3 is 29.6 Å². The molecule has 0 aliphatic heterocycles. The van der Waals surface area contributed by atoms with Gasteiger partial charge in [-0.05, 0) is 12.8 Å². The molecule has 0 unspecified atom stereocenters. The monoisotopic (exact) mass is 212 g/mol. The van der Waals surface area contributed by atoms with Crippen LogP contribution in [-0.2, 0) is 0 Å². The van der Waals surface area contributed by atoms with Crippen LogP contribution in [0, 0.1) is 0 Å². The van der Waals surface area contributed by atoms with E-state index in [2.05, 4.69) is 43.4 Å². The summed E-state index contributed by atoms with van der Waals surface area (Å²) in [5.41, 5.74) is 0. The van der Waals surface area contributed by atoms with Crippen molar-refractivity contribution in [2.75, 3.05) is 0 Å². The molecule has 2 heteroatoms. The Kier molecular flexibility index (Phi) is 5.17. The molecule has 0 heterocycles. The van der Waals surface area contributed by atoms with Gasteiger partial charge in [0.15, 0.2) is 0 Å². The van der Waals surface area contributed by atoms with Gasteiger partial charge in [0.1, 0.15) is 0 Å². The van der Waals surface area contributed by atoms with Gasteiger partial charge in [0.05, 0.1) is 8.80 Å². The maximum atomic E-state index is 2.35. The van der Waals surface area contributed by atoms with Gasteiger partial charge in [-0.2, -0.15) is 0 Å². The molecular weight excluding hydrogens is 195 g/mol. The predicted molar refractivity (Wildman–Crippen MR) is 68.5 cm³/mol. The van der Waals surface area contributed by atoms with E-state index in [-0.39, 0.29) is 29.6 Å². The van der Waals surface area contributed by atoms with E-state index in [0.29, 0.717) is 0 Å². The Morgan fingerprint density at radius 3 is 1.86 bits per heavy atom. The third-order valence-electron chi connectivity index (χ3n) is 2.90. The Balaban J connectivity index is 0.000000980. The summed E-state index contributed by atoms with van der Waals surface area (Å²) in [6, 6.07) is 1.38. The molecule has 0 fully saturated rings. The second-order valence-electron chi connectivity index (χ2n) is 3.71. The van der Waals surface area contributed by atoms with Crippen molar-refractivity contribution in [2.24, 2.45) is 0 Å². The molecule has 0 nitrogen and oxygen atoms in total. The first-order chi connectivity index (χ1) is 6.42. The van der Waals surface area contributed by atoms with Crippen LogP contribution in [0.3, 0.4) is 0 Å². The molecule has 0 saturated heterocycles. The number of allylic oxidation sites excluding steroid dienone is 8. The van der Waals surface area contributed by atoms with Crippen molar-refractivity contribution >= 4 is 38.4 Å². The van der Waals surface area contributed by atoms with Crippen molar-refractivity contribution in [2.45, 2.75) is 25.8 Å². The summed E-state index contributed by atoms with van der Waals surface area (Å²) in [6.07, 6.45) is 16.1. The van der Waals surface area contributed by atoms with Crippen LogP contribution in [0.15, 0.2) is 46.8 Å². The third-order valence-corrected chi connectivity index (χ3v) is 6.37. The molecule has 0 N–H and O–H groups in total. The fraction of sp³-hybridized carbons (Fsp3) is 0.333. The van der Waals surface area contributed by atoms with Gasteiger partial charge in [-0.3, -0.25) is 0 Å². The van der Waals surface area contributed by atoms with Crippen molar-refractivity contribution in [1.29, 1.82) is 0 Å². The van der Waals surface area contributed by atoms with Gasteiger partial charge in [0.2, 0.25) is 0 Å². The van der Waals surface area contributed by atoms with Crippen molar-refractivity contribution < 1.29 is 0 Å². The average molecular weight is 212 g/mol. The van der Waals surface area contributed by atoms with E-state index in [4.69, 9.17) is 0 Å². The SMILES string of the molecule is CC[SiH](C1=CC=CC1)C1=CC=CC1.[NaH]. The summed E-state index contributed by atoms with van der Waals surface area (Å²) in [6.45, 7) is 2.34. The first-order valence-electron chi connectivity index (χ1n) is 5.13. The van der Waals surface area contributed by atoms with Gasteiger partial charge in [0.25, 0.3) is 0 Å². The number of hydrogen-bond acceptors (Lipinski definition) is 0. The third kappa shape index (κ3) is 2.60. The molecule has 0 saturated carbocycles. The molecule has 0 bridgehead atoms. The summed E-state index contributed by atoms with van der Waals surface area (Å²) >= 11 is 0. The summed E-state index contributed by atoms with van der Waals surface area (Å²) < 4.78 is 0. The van der Waals surface area contributed by atoms with Crippen LogP contribution in [0.1, 0.15) is 19.8 Å². The summed E-state index contributed by atoms with van der Waals surface area (Å²) in [5.74, 6) is 0. The van der Waals surface area contributed by atoms with Crippen LogP contribution in [0.5, 0.6) is 0 Å². The van der Waals surface area contributed by atoms with E-state index in [0.717, 1.165) is 0 Å². The van der Waals surface area contributed by atoms with Crippen LogP contribution in [-0.4, -0.2) is 38.4 Å². The quantitative estimate of drug-likeness (QED) is 0.630. The molecule has 70 valence electrons. The van der Waals surface area contributed by atoms with Gasteiger partial charge < -0.3 is 0 Å². The molecular formula is C12H17NaSi. The zero-order chi connectivity index (χ0) is 9.10. The van der Waals surface area contributed by atoms with Crippen molar-refractivity contribution in [3.63, 3.8) is 0 Å². The molecule has 0 aromatic heterocycles. The Labute approximate surface area is 110 Å². The Morgan fingerprint density at radius 2 is 1.57 bits per heavy atom. The molecule has 2 rings (SSSR count). The summed E-state index contributed by atoms with van der Waals surface area (Å²) in [4.78, 5) is 0. The number of rotatable bonds is 3. The summed E-state index contributed by atoms with van der Waals surface area (Å²) in [7, 11) is -0.721. The predicted octanol–water partition coefficient (Wildman–Crippen LogP) is 2.44. The normalized spacial score (nSPS) is 18.4. The Hall–Kier alpha value is 0.177. The van der Waals surface area contributed by atoms with Crippen LogP contribution < -0.4 is 0 Å². The van der Waals surface area contributed by atoms with Gasteiger partial charge in [-0.25, -0.2) is 0 Å². The van der Waals surface area contributed by atoms with Gasteiger partial charge in [0, 0.05) is 0 Å². The fourth-order valence-electron chi connectivity index (χ4n) is 2.21. The zero-order valence-electron chi connectivity index (χ0n) is 8.16. The van der Waals surface area contributed by atoms with Crippen LogP contribution in [0.2, 0.25) is 6.04 Å². The minimum atomic E-state index is -0.721. The van der Waals surface area contributed by atoms with Gasteiger partial charge in [-0.1, -0.05) is 59.8 Å². The number of hydrogen-bond donors (Lipinski definition) is 0. The van der Waals surface area contributed by atoms with Gasteiger partial charge in [-0.15, -0.1) is 0 Å². The molecule has 0 spiro atoms. The second kappa shape index (κ2) is 5.91. The molecule has 0 atom stereocenters. The van der Waals surface area contributed by atoms with Crippen molar-refractivity contribution in [3.8, 4) is 0 Å². The molecule has 2 aliphatic carbocycles. The van der Waals surface area contributed by atoms with E-state index in [9.17, 15) is 0 Å². The van der Waals surface area contributed by atoms with E-state index >= 15 is 0 Å². The van der Waals surface area contributed by atoms with E-state index in [1.807, 2.05) is 0 Å². The molecule has 2 aliphatic rings. The van der Waals surface area contributed by atoms with Crippen LogP contribution in [0.25, 0.3) is 0 Å². The Bertz CT molecular complexity index is 280. The molecule has 14 heavy (non-hydrogen) atoms. The van der Waals surface area contributed by atoms with E-state index in [1.54, 1.807) is 10.4 Å². The van der Waals surface area contributed by atoms with Crippen molar-refractivity contribution in [3.05, 3.63) is 46.8 Å². The minimum absolute atomic E-state index is 0. The van der Waals surface area contributed by atoms with Crippen molar-refractivity contribution in [1.82, 2.24) is 0 Å². The Morgan fingerprint density at radius 1 is 1.07 bits per heavy atom. The average Bonchev–Trinajstić information content (AvgIpc) is 2.76. The first kappa shape index (κ1) is 12.2. The van der Waals surface area contributed by atoms with E-state index < -0.39 is 8.80 Å². The first-order valence-corrected chi connectivity index (χ1v) is 7.10. The molecule has 0 radical (unpaired) electrons.